The third-order valence-electron chi connectivity index (χ3n) is 3.00. The first-order valence-electron chi connectivity index (χ1n) is 6.62. The maximum atomic E-state index is 12.5. The van der Waals surface area contributed by atoms with Crippen molar-refractivity contribution >= 4 is 11.9 Å². The molecule has 2 rings (SSSR count). The summed E-state index contributed by atoms with van der Waals surface area (Å²) in [6.07, 6.45) is 3.25. The summed E-state index contributed by atoms with van der Waals surface area (Å²) < 4.78 is 0. The smallest absolute Gasteiger partial charge is 0.305 e. The average Bonchev–Trinajstić information content (AvgIpc) is 2.52. The summed E-state index contributed by atoms with van der Waals surface area (Å²) in [6.45, 7) is 0.507. The first-order chi connectivity index (χ1) is 10.2. The topological polar surface area (TPSA) is 70.5 Å². The first kappa shape index (κ1) is 14.7. The zero-order chi connectivity index (χ0) is 15.1. The summed E-state index contributed by atoms with van der Waals surface area (Å²) in [6, 6.07) is 12.5. The predicted octanol–water partition coefficient (Wildman–Crippen LogP) is 2.20. The molecule has 108 valence electrons. The number of carbonyl (C=O) groups excluding carboxylic acids is 1. The van der Waals surface area contributed by atoms with E-state index in [-0.39, 0.29) is 18.9 Å². The third-order valence-corrected chi connectivity index (χ3v) is 3.00. The third kappa shape index (κ3) is 4.42. The Bertz CT molecular complexity index is 599. The Balaban J connectivity index is 2.15. The lowest BCUT2D eigenvalue weighted by molar-refractivity contribution is -0.137. The second kappa shape index (κ2) is 7.19. The van der Waals surface area contributed by atoms with E-state index in [1.54, 1.807) is 42.7 Å². The molecule has 21 heavy (non-hydrogen) atoms. The second-order valence-electron chi connectivity index (χ2n) is 4.60. The number of hydrogen-bond donors (Lipinski definition) is 1. The molecule has 5 nitrogen and oxygen atoms in total. The fourth-order valence-corrected chi connectivity index (χ4v) is 1.96. The van der Waals surface area contributed by atoms with Crippen molar-refractivity contribution in [2.75, 3.05) is 6.54 Å². The summed E-state index contributed by atoms with van der Waals surface area (Å²) in [5.41, 5.74) is 1.42. The molecule has 1 aromatic heterocycles. The van der Waals surface area contributed by atoms with E-state index in [1.165, 1.54) is 4.90 Å². The minimum Gasteiger partial charge on any atom is -0.481 e. The molecule has 1 N–H and O–H groups in total. The van der Waals surface area contributed by atoms with Crippen molar-refractivity contribution in [3.8, 4) is 0 Å². The minimum absolute atomic E-state index is 0.0845. The summed E-state index contributed by atoms with van der Waals surface area (Å²) >= 11 is 0. The molecule has 0 bridgehead atoms. The van der Waals surface area contributed by atoms with Crippen LogP contribution in [0.5, 0.6) is 0 Å². The molecule has 0 fully saturated rings. The van der Waals surface area contributed by atoms with Crippen LogP contribution in [0.1, 0.15) is 22.3 Å². The molecule has 1 amide bonds. The fourth-order valence-electron chi connectivity index (χ4n) is 1.96. The molecule has 0 aliphatic rings. The normalized spacial score (nSPS) is 10.1. The molecule has 1 aromatic carbocycles. The number of aromatic nitrogens is 1. The molecule has 1 heterocycles. The number of aliphatic carboxylic acids is 1. The quantitative estimate of drug-likeness (QED) is 0.882. The number of carboxylic acid groups (broad SMARTS) is 1. The van der Waals surface area contributed by atoms with Gasteiger partial charge in [0.25, 0.3) is 5.91 Å². The maximum absolute atomic E-state index is 12.5. The lowest BCUT2D eigenvalue weighted by Crippen LogP contribution is -2.32. The Morgan fingerprint density at radius 2 is 1.86 bits per heavy atom. The lowest BCUT2D eigenvalue weighted by Gasteiger charge is -2.22. The van der Waals surface area contributed by atoms with Crippen LogP contribution in [0.25, 0.3) is 0 Å². The highest BCUT2D eigenvalue weighted by Crippen LogP contribution is 2.10. The number of carbonyl (C=O) groups is 2. The lowest BCUT2D eigenvalue weighted by atomic mass is 10.1. The SMILES string of the molecule is O=C(O)CCN(Cc1cccnc1)C(=O)c1ccccc1. The Hall–Kier alpha value is -2.69. The monoisotopic (exact) mass is 284 g/mol. The molecule has 0 unspecified atom stereocenters. The van der Waals surface area contributed by atoms with E-state index >= 15 is 0 Å². The van der Waals surface area contributed by atoms with Crippen LogP contribution in [-0.2, 0) is 11.3 Å². The van der Waals surface area contributed by atoms with Crippen molar-refractivity contribution < 1.29 is 14.7 Å². The summed E-state index contributed by atoms with van der Waals surface area (Å²) in [5.74, 6) is -1.10. The van der Waals surface area contributed by atoms with Crippen molar-refractivity contribution in [2.24, 2.45) is 0 Å². The number of benzene rings is 1. The molecule has 0 atom stereocenters. The van der Waals surface area contributed by atoms with Crippen molar-refractivity contribution in [1.82, 2.24) is 9.88 Å². The zero-order valence-electron chi connectivity index (χ0n) is 11.5. The van der Waals surface area contributed by atoms with Crippen LogP contribution in [-0.4, -0.2) is 33.4 Å². The zero-order valence-corrected chi connectivity index (χ0v) is 11.5. The van der Waals surface area contributed by atoms with E-state index < -0.39 is 5.97 Å². The van der Waals surface area contributed by atoms with Gasteiger partial charge < -0.3 is 10.0 Å². The van der Waals surface area contributed by atoms with Gasteiger partial charge in [0.15, 0.2) is 0 Å². The minimum atomic E-state index is -0.924. The van der Waals surface area contributed by atoms with Crippen molar-refractivity contribution in [3.63, 3.8) is 0 Å². The summed E-state index contributed by atoms with van der Waals surface area (Å²) in [7, 11) is 0. The van der Waals surface area contributed by atoms with Crippen LogP contribution in [0.2, 0.25) is 0 Å². The maximum Gasteiger partial charge on any atom is 0.305 e. The highest BCUT2D eigenvalue weighted by atomic mass is 16.4. The van der Waals surface area contributed by atoms with Gasteiger partial charge in [0.1, 0.15) is 0 Å². The number of pyridine rings is 1. The number of amides is 1. The van der Waals surface area contributed by atoms with Crippen LogP contribution < -0.4 is 0 Å². The van der Waals surface area contributed by atoms with Gasteiger partial charge in [-0.15, -0.1) is 0 Å². The molecule has 0 aliphatic carbocycles. The van der Waals surface area contributed by atoms with Gasteiger partial charge in [-0.2, -0.15) is 0 Å². The highest BCUT2D eigenvalue weighted by Gasteiger charge is 2.17. The molecule has 0 saturated carbocycles. The van der Waals surface area contributed by atoms with Crippen molar-refractivity contribution in [1.29, 1.82) is 0 Å². The van der Waals surface area contributed by atoms with E-state index in [4.69, 9.17) is 5.11 Å². The number of hydrogen-bond acceptors (Lipinski definition) is 3. The number of rotatable bonds is 6. The molecular weight excluding hydrogens is 268 g/mol. The summed E-state index contributed by atoms with van der Waals surface area (Å²) in [5, 5.41) is 8.83. The second-order valence-corrected chi connectivity index (χ2v) is 4.60. The van der Waals surface area contributed by atoms with Crippen molar-refractivity contribution in [3.05, 3.63) is 66.0 Å². The number of nitrogens with zero attached hydrogens (tertiary/aromatic N) is 2. The molecule has 0 aliphatic heterocycles. The molecule has 0 radical (unpaired) electrons. The van der Waals surface area contributed by atoms with E-state index in [0.717, 1.165) is 5.56 Å². The van der Waals surface area contributed by atoms with Crippen LogP contribution >= 0.6 is 0 Å². The molecule has 0 spiro atoms. The van der Waals surface area contributed by atoms with Crippen LogP contribution in [0.15, 0.2) is 54.9 Å². The Kier molecular flexibility index (Phi) is 5.04. The fraction of sp³-hybridized carbons (Fsp3) is 0.188. The van der Waals surface area contributed by atoms with E-state index in [1.807, 2.05) is 12.1 Å². The Morgan fingerprint density at radius 1 is 1.10 bits per heavy atom. The van der Waals surface area contributed by atoms with Gasteiger partial charge >= 0.3 is 5.97 Å². The van der Waals surface area contributed by atoms with Crippen LogP contribution in [0.3, 0.4) is 0 Å². The predicted molar refractivity (Wildman–Crippen MR) is 77.7 cm³/mol. The molecule has 0 saturated heterocycles. The van der Waals surface area contributed by atoms with E-state index in [9.17, 15) is 9.59 Å². The Labute approximate surface area is 122 Å². The van der Waals surface area contributed by atoms with Gasteiger partial charge in [-0.1, -0.05) is 24.3 Å². The molecule has 5 heteroatoms. The van der Waals surface area contributed by atoms with Gasteiger partial charge in [-0.05, 0) is 23.8 Å². The van der Waals surface area contributed by atoms with E-state index in [2.05, 4.69) is 4.98 Å². The van der Waals surface area contributed by atoms with Gasteiger partial charge in [0.05, 0.1) is 6.42 Å². The summed E-state index contributed by atoms with van der Waals surface area (Å²) in [4.78, 5) is 28.8. The molecule has 2 aromatic rings. The van der Waals surface area contributed by atoms with Gasteiger partial charge in [0.2, 0.25) is 0 Å². The average molecular weight is 284 g/mol. The molecular formula is C16H16N2O3. The highest BCUT2D eigenvalue weighted by molar-refractivity contribution is 5.94. The van der Waals surface area contributed by atoms with Crippen LogP contribution in [0.4, 0.5) is 0 Å². The van der Waals surface area contributed by atoms with Gasteiger partial charge in [0, 0.05) is 31.0 Å². The Morgan fingerprint density at radius 3 is 2.48 bits per heavy atom. The van der Waals surface area contributed by atoms with E-state index in [0.29, 0.717) is 12.1 Å². The number of carboxylic acids is 1. The van der Waals surface area contributed by atoms with Crippen molar-refractivity contribution in [2.45, 2.75) is 13.0 Å². The standard InChI is InChI=1S/C16H16N2O3/c19-15(20)8-10-18(12-13-5-4-9-17-11-13)16(21)14-6-2-1-3-7-14/h1-7,9,11H,8,10,12H2,(H,19,20). The first-order valence-corrected chi connectivity index (χ1v) is 6.62. The van der Waals surface area contributed by atoms with Gasteiger partial charge in [-0.3, -0.25) is 14.6 Å². The van der Waals surface area contributed by atoms with Crippen LogP contribution in [0, 0.1) is 0 Å². The largest absolute Gasteiger partial charge is 0.481 e. The van der Waals surface area contributed by atoms with Gasteiger partial charge in [-0.25, -0.2) is 0 Å².